The highest BCUT2D eigenvalue weighted by atomic mass is 79.9. The van der Waals surface area contributed by atoms with Crippen LogP contribution in [0.15, 0.2) is 0 Å². The number of carbonyl (C=O) groups excluding carboxylic acids is 2. The summed E-state index contributed by atoms with van der Waals surface area (Å²) in [6.07, 6.45) is 11.5. The lowest BCUT2D eigenvalue weighted by Crippen LogP contribution is -2.53. The number of alkyl halides is 1. The smallest absolute Gasteiger partial charge is 0.306 e. The molecule has 4 bridgehead atoms. The summed E-state index contributed by atoms with van der Waals surface area (Å²) in [5, 5.41) is 12.9. The number of amides is 1. The molecule has 7 heteroatoms. The van der Waals surface area contributed by atoms with Crippen molar-refractivity contribution in [3.63, 3.8) is 0 Å². The van der Waals surface area contributed by atoms with Gasteiger partial charge in [0.2, 0.25) is 0 Å². The molecule has 0 spiro atoms. The molecule has 0 saturated heterocycles. The van der Waals surface area contributed by atoms with Gasteiger partial charge in [-0.1, -0.05) is 15.9 Å². The number of nitrogens with one attached hydrogen (secondary N) is 1. The van der Waals surface area contributed by atoms with E-state index >= 15 is 0 Å². The number of hydrogen-bond acceptors (Lipinski definition) is 5. The van der Waals surface area contributed by atoms with E-state index < -0.39 is 0 Å². The molecule has 1 N–H and O–H groups in total. The number of aryl methyl sites for hydroxylation is 1. The topological polar surface area (TPSA) is 79.2 Å². The molecule has 5 nitrogen and oxygen atoms in total. The van der Waals surface area contributed by atoms with Crippen LogP contribution in [0.25, 0.3) is 0 Å². The Morgan fingerprint density at radius 3 is 2.63 bits per heavy atom. The third-order valence-electron chi connectivity index (χ3n) is 7.53. The normalized spacial score (nSPS) is 33.6. The van der Waals surface area contributed by atoms with Gasteiger partial charge in [-0.05, 0) is 87.0 Å². The lowest BCUT2D eigenvalue weighted by Gasteiger charge is -2.60. The Bertz CT molecular complexity index is 920. The molecular formula is C23H27BrN2O3S. The number of hydrogen-bond donors (Lipinski definition) is 1. The first-order valence-corrected chi connectivity index (χ1v) is 12.7. The van der Waals surface area contributed by atoms with Crippen LogP contribution >= 0.6 is 27.3 Å². The lowest BCUT2D eigenvalue weighted by atomic mass is 9.49. The third-order valence-corrected chi connectivity index (χ3v) is 9.67. The van der Waals surface area contributed by atoms with Crippen molar-refractivity contribution in [1.29, 1.82) is 5.26 Å². The summed E-state index contributed by atoms with van der Waals surface area (Å²) >= 11 is 5.47. The van der Waals surface area contributed by atoms with Gasteiger partial charge in [-0.15, -0.1) is 11.3 Å². The zero-order valence-corrected chi connectivity index (χ0v) is 19.5. The summed E-state index contributed by atoms with van der Waals surface area (Å²) < 4.78 is 5.59. The van der Waals surface area contributed by atoms with Crippen LogP contribution in [-0.4, -0.2) is 22.8 Å². The van der Waals surface area contributed by atoms with Crippen LogP contribution in [-0.2, 0) is 27.2 Å². The molecule has 5 aliphatic rings. The van der Waals surface area contributed by atoms with Gasteiger partial charge in [0.05, 0.1) is 12.0 Å². The predicted molar refractivity (Wildman–Crippen MR) is 119 cm³/mol. The van der Waals surface area contributed by atoms with Gasteiger partial charge in [0, 0.05) is 9.20 Å². The Hall–Kier alpha value is -1.39. The molecular weight excluding hydrogens is 464 g/mol. The summed E-state index contributed by atoms with van der Waals surface area (Å²) in [5.41, 5.74) is 1.72. The van der Waals surface area contributed by atoms with Crippen LogP contribution in [0.1, 0.15) is 73.8 Å². The van der Waals surface area contributed by atoms with E-state index in [1.165, 1.54) is 35.5 Å². The van der Waals surface area contributed by atoms with E-state index in [1.807, 2.05) is 0 Å². The molecule has 1 aromatic heterocycles. The number of fused-ring (bicyclic) bond motifs is 1. The highest BCUT2D eigenvalue weighted by molar-refractivity contribution is 9.10. The Labute approximate surface area is 189 Å². The summed E-state index contributed by atoms with van der Waals surface area (Å²) in [5.74, 6) is 0.807. The Morgan fingerprint density at radius 2 is 1.93 bits per heavy atom. The van der Waals surface area contributed by atoms with Crippen molar-refractivity contribution in [1.82, 2.24) is 0 Å². The zero-order chi connectivity index (χ0) is 20.9. The molecule has 1 aromatic rings. The molecule has 4 fully saturated rings. The van der Waals surface area contributed by atoms with Crippen LogP contribution in [0.3, 0.4) is 0 Å². The number of thiophene rings is 1. The SMILES string of the molecule is N#Cc1c(NC(=O)COC(=O)CC23C[C@H]4C[C@@H](CC(Br)(C4)C2)C3)sc2c1CCCC2. The van der Waals surface area contributed by atoms with E-state index in [0.717, 1.165) is 62.3 Å². The highest BCUT2D eigenvalue weighted by Gasteiger charge is 2.57. The average molecular weight is 491 g/mol. The van der Waals surface area contributed by atoms with Crippen molar-refractivity contribution in [2.45, 2.75) is 75.0 Å². The van der Waals surface area contributed by atoms with Crippen molar-refractivity contribution >= 4 is 44.1 Å². The first-order valence-electron chi connectivity index (χ1n) is 11.1. The monoisotopic (exact) mass is 490 g/mol. The average Bonchev–Trinajstić information content (AvgIpc) is 3.00. The molecule has 4 saturated carbocycles. The van der Waals surface area contributed by atoms with Crippen molar-refractivity contribution in [2.75, 3.05) is 11.9 Å². The van der Waals surface area contributed by atoms with Gasteiger partial charge in [-0.3, -0.25) is 9.59 Å². The first-order chi connectivity index (χ1) is 14.4. The molecule has 160 valence electrons. The van der Waals surface area contributed by atoms with Crippen molar-refractivity contribution in [3.8, 4) is 6.07 Å². The van der Waals surface area contributed by atoms with Crippen LogP contribution in [0, 0.1) is 28.6 Å². The Kier molecular flexibility index (Phi) is 5.22. The fourth-order valence-electron chi connectivity index (χ4n) is 6.98. The van der Waals surface area contributed by atoms with Gasteiger partial charge < -0.3 is 10.1 Å². The van der Waals surface area contributed by atoms with Gasteiger partial charge in [-0.2, -0.15) is 5.26 Å². The van der Waals surface area contributed by atoms with Crippen LogP contribution in [0.4, 0.5) is 5.00 Å². The second kappa shape index (κ2) is 7.63. The molecule has 0 unspecified atom stereocenters. The van der Waals surface area contributed by atoms with Crippen molar-refractivity contribution < 1.29 is 14.3 Å². The minimum Gasteiger partial charge on any atom is -0.456 e. The second-order valence-corrected chi connectivity index (χ2v) is 12.8. The minimum absolute atomic E-state index is 0.0436. The first kappa shape index (κ1) is 20.5. The lowest BCUT2D eigenvalue weighted by molar-refractivity contribution is -0.153. The summed E-state index contributed by atoms with van der Waals surface area (Å²) in [6, 6.07) is 2.25. The maximum Gasteiger partial charge on any atom is 0.306 e. The molecule has 0 aliphatic heterocycles. The maximum absolute atomic E-state index is 12.6. The molecule has 0 radical (unpaired) electrons. The van der Waals surface area contributed by atoms with Gasteiger partial charge in [0.1, 0.15) is 11.1 Å². The molecule has 5 aliphatic carbocycles. The number of esters is 1. The van der Waals surface area contributed by atoms with E-state index in [-0.39, 0.29) is 28.2 Å². The fraction of sp³-hybridized carbons (Fsp3) is 0.696. The minimum atomic E-state index is -0.360. The van der Waals surface area contributed by atoms with E-state index in [1.54, 1.807) is 0 Å². The quantitative estimate of drug-likeness (QED) is 0.459. The molecule has 1 heterocycles. The number of rotatable bonds is 5. The van der Waals surface area contributed by atoms with Crippen molar-refractivity contribution in [2.24, 2.45) is 17.3 Å². The molecule has 0 aromatic carbocycles. The van der Waals surface area contributed by atoms with Gasteiger partial charge in [0.15, 0.2) is 6.61 Å². The standard InChI is InChI=1S/C23H27BrN2O3S/c24-23-8-14-5-15(9-23)7-22(6-14,13-23)10-20(28)29-12-19(27)26-21-17(11-25)16-3-1-2-4-18(16)30-21/h14-15H,1-10,12-13H2,(H,26,27)/t14-,15-,22?,23?/m1/s1. The number of carbonyl (C=O) groups is 2. The molecule has 6 rings (SSSR count). The predicted octanol–water partition coefficient (Wildman–Crippen LogP) is 5.10. The number of ether oxygens (including phenoxy) is 1. The maximum atomic E-state index is 12.6. The number of anilines is 1. The number of nitriles is 1. The Morgan fingerprint density at radius 1 is 1.20 bits per heavy atom. The number of halogens is 1. The highest BCUT2D eigenvalue weighted by Crippen LogP contribution is 2.65. The molecule has 1 amide bonds. The fourth-order valence-corrected chi connectivity index (χ4v) is 9.75. The van der Waals surface area contributed by atoms with E-state index in [2.05, 4.69) is 27.3 Å². The summed E-state index contributed by atoms with van der Waals surface area (Å²) in [4.78, 5) is 26.2. The summed E-state index contributed by atoms with van der Waals surface area (Å²) in [6.45, 7) is -0.283. The molecule has 30 heavy (non-hydrogen) atoms. The van der Waals surface area contributed by atoms with Gasteiger partial charge in [0.25, 0.3) is 5.91 Å². The van der Waals surface area contributed by atoms with E-state index in [0.29, 0.717) is 17.0 Å². The number of nitrogens with zero attached hydrogens (tertiary/aromatic N) is 1. The van der Waals surface area contributed by atoms with E-state index in [9.17, 15) is 14.9 Å². The van der Waals surface area contributed by atoms with Gasteiger partial charge in [-0.25, -0.2) is 0 Å². The summed E-state index contributed by atoms with van der Waals surface area (Å²) in [7, 11) is 0. The van der Waals surface area contributed by atoms with E-state index in [4.69, 9.17) is 4.74 Å². The van der Waals surface area contributed by atoms with Crippen LogP contribution in [0.5, 0.6) is 0 Å². The third kappa shape index (κ3) is 3.82. The Balaban J connectivity index is 1.17. The largest absolute Gasteiger partial charge is 0.456 e. The molecule has 2 atom stereocenters. The zero-order valence-electron chi connectivity index (χ0n) is 17.1. The van der Waals surface area contributed by atoms with Gasteiger partial charge >= 0.3 is 5.97 Å². The van der Waals surface area contributed by atoms with Crippen LogP contribution in [0.2, 0.25) is 0 Å². The van der Waals surface area contributed by atoms with Crippen LogP contribution < -0.4 is 5.32 Å². The second-order valence-electron chi connectivity index (χ2n) is 10.0. The van der Waals surface area contributed by atoms with Crippen molar-refractivity contribution in [3.05, 3.63) is 16.0 Å².